The maximum atomic E-state index is 11.2. The summed E-state index contributed by atoms with van der Waals surface area (Å²) in [6.07, 6.45) is 3.27. The minimum Gasteiger partial charge on any atom is -0.463 e. The quantitative estimate of drug-likeness (QED) is 0.380. The number of carbonyl (C=O) groups excluding carboxylic acids is 1. The maximum absolute atomic E-state index is 11.2. The van der Waals surface area contributed by atoms with E-state index in [9.17, 15) is 14.9 Å². The van der Waals surface area contributed by atoms with Crippen molar-refractivity contribution in [1.29, 1.82) is 0 Å². The third-order valence-corrected chi connectivity index (χ3v) is 2.71. The highest BCUT2D eigenvalue weighted by molar-refractivity contribution is 5.69. The van der Waals surface area contributed by atoms with Crippen molar-refractivity contribution >= 4 is 5.97 Å². The summed E-state index contributed by atoms with van der Waals surface area (Å²) >= 11 is 0. The van der Waals surface area contributed by atoms with Crippen molar-refractivity contribution < 1.29 is 14.5 Å². The molecule has 2 atom stereocenters. The van der Waals surface area contributed by atoms with Crippen LogP contribution in [0.1, 0.15) is 45.4 Å². The van der Waals surface area contributed by atoms with E-state index < -0.39 is 6.04 Å². The molecule has 0 N–H and O–H groups in total. The first-order valence-corrected chi connectivity index (χ1v) is 5.42. The molecule has 0 amide bonds. The van der Waals surface area contributed by atoms with Gasteiger partial charge in [0.25, 0.3) is 0 Å². The molecular formula is C10H17NO4. The highest BCUT2D eigenvalue weighted by Crippen LogP contribution is 2.16. The summed E-state index contributed by atoms with van der Waals surface area (Å²) in [5.41, 5.74) is 0. The lowest BCUT2D eigenvalue weighted by atomic mass is 10.0. The molecule has 0 aromatic rings. The van der Waals surface area contributed by atoms with Crippen LogP contribution >= 0.6 is 0 Å². The van der Waals surface area contributed by atoms with Gasteiger partial charge in [-0.1, -0.05) is 0 Å². The number of nitrogens with zero attached hydrogens (tertiary/aromatic N) is 1. The molecule has 1 aliphatic rings. The lowest BCUT2D eigenvalue weighted by Gasteiger charge is -2.17. The Bertz CT molecular complexity index is 242. The van der Waals surface area contributed by atoms with Crippen molar-refractivity contribution in [2.45, 2.75) is 57.6 Å². The Labute approximate surface area is 88.9 Å². The Morgan fingerprint density at radius 3 is 2.73 bits per heavy atom. The first kappa shape index (κ1) is 11.9. The Morgan fingerprint density at radius 2 is 2.07 bits per heavy atom. The van der Waals surface area contributed by atoms with Crippen molar-refractivity contribution in [2.24, 2.45) is 0 Å². The molecule has 1 saturated heterocycles. The third-order valence-electron chi connectivity index (χ3n) is 2.71. The van der Waals surface area contributed by atoms with Crippen LogP contribution in [0.2, 0.25) is 0 Å². The molecule has 86 valence electrons. The number of hydrogen-bond donors (Lipinski definition) is 0. The predicted octanol–water partition coefficient (Wildman–Crippen LogP) is 1.92. The van der Waals surface area contributed by atoms with Crippen LogP contribution in [0, 0.1) is 10.1 Å². The molecule has 15 heavy (non-hydrogen) atoms. The number of ether oxygens (including phenoxy) is 1. The van der Waals surface area contributed by atoms with Crippen molar-refractivity contribution in [3.05, 3.63) is 10.1 Å². The van der Waals surface area contributed by atoms with Crippen LogP contribution < -0.4 is 0 Å². The van der Waals surface area contributed by atoms with Gasteiger partial charge in [0.15, 0.2) is 0 Å². The summed E-state index contributed by atoms with van der Waals surface area (Å²) < 4.78 is 5.09. The van der Waals surface area contributed by atoms with Crippen LogP contribution in [0.5, 0.6) is 0 Å². The Balaban J connectivity index is 2.49. The molecule has 1 rings (SSSR count). The standard InChI is InChI=1S/C10H17NO4/c1-8-6-7-9(11(13)14)4-2-3-5-10(12)15-8/h8-9H,2-7H2,1H3. The lowest BCUT2D eigenvalue weighted by molar-refractivity contribution is -0.524. The van der Waals surface area contributed by atoms with E-state index in [1.54, 1.807) is 6.92 Å². The van der Waals surface area contributed by atoms with Crippen LogP contribution in [0.4, 0.5) is 0 Å². The van der Waals surface area contributed by atoms with Gasteiger partial charge in [-0.05, 0) is 26.2 Å². The summed E-state index contributed by atoms with van der Waals surface area (Å²) in [7, 11) is 0. The fourth-order valence-corrected chi connectivity index (χ4v) is 1.77. The van der Waals surface area contributed by atoms with Gasteiger partial charge in [-0.25, -0.2) is 0 Å². The normalized spacial score (nSPS) is 29.3. The molecule has 5 nitrogen and oxygen atoms in total. The minimum absolute atomic E-state index is 0.179. The first-order valence-electron chi connectivity index (χ1n) is 5.42. The summed E-state index contributed by atoms with van der Waals surface area (Å²) in [5.74, 6) is -0.179. The maximum Gasteiger partial charge on any atom is 0.306 e. The van der Waals surface area contributed by atoms with E-state index in [1.807, 2.05) is 0 Å². The van der Waals surface area contributed by atoms with E-state index in [1.165, 1.54) is 0 Å². The first-order chi connectivity index (χ1) is 7.09. The van der Waals surface area contributed by atoms with Gasteiger partial charge in [-0.2, -0.15) is 0 Å². The van der Waals surface area contributed by atoms with E-state index in [4.69, 9.17) is 4.74 Å². The molecule has 0 bridgehead atoms. The summed E-state index contributed by atoms with van der Waals surface area (Å²) in [6.45, 7) is 1.79. The molecule has 0 radical (unpaired) electrons. The van der Waals surface area contributed by atoms with Crippen molar-refractivity contribution in [1.82, 2.24) is 0 Å². The van der Waals surface area contributed by atoms with Gasteiger partial charge in [0.05, 0.1) is 6.10 Å². The second kappa shape index (κ2) is 5.68. The molecule has 0 aromatic carbocycles. The monoisotopic (exact) mass is 215 g/mol. The molecule has 2 unspecified atom stereocenters. The number of cyclic esters (lactones) is 1. The van der Waals surface area contributed by atoms with Crippen LogP contribution in [0.25, 0.3) is 0 Å². The molecule has 0 saturated carbocycles. The smallest absolute Gasteiger partial charge is 0.306 e. The van der Waals surface area contributed by atoms with E-state index >= 15 is 0 Å². The molecule has 1 fully saturated rings. The van der Waals surface area contributed by atoms with Gasteiger partial charge in [-0.15, -0.1) is 0 Å². The molecule has 1 aliphatic heterocycles. The molecule has 5 heteroatoms. The minimum atomic E-state index is -0.468. The van der Waals surface area contributed by atoms with Crippen molar-refractivity contribution in [2.75, 3.05) is 0 Å². The fraction of sp³-hybridized carbons (Fsp3) is 0.900. The summed E-state index contributed by atoms with van der Waals surface area (Å²) in [6, 6.07) is -0.468. The Hall–Kier alpha value is -1.13. The average molecular weight is 215 g/mol. The number of carbonyl (C=O) groups is 1. The molecule has 1 heterocycles. The van der Waals surface area contributed by atoms with Crippen LogP contribution in [-0.2, 0) is 9.53 Å². The Morgan fingerprint density at radius 1 is 1.33 bits per heavy atom. The van der Waals surface area contributed by atoms with E-state index in [0.29, 0.717) is 32.1 Å². The number of nitro groups is 1. The second-order valence-electron chi connectivity index (χ2n) is 4.06. The highest BCUT2D eigenvalue weighted by Gasteiger charge is 2.23. The topological polar surface area (TPSA) is 69.4 Å². The molecule has 0 aromatic heterocycles. The van der Waals surface area contributed by atoms with Gasteiger partial charge in [-0.3, -0.25) is 14.9 Å². The van der Waals surface area contributed by atoms with Gasteiger partial charge in [0, 0.05) is 24.2 Å². The van der Waals surface area contributed by atoms with Crippen LogP contribution in [-0.4, -0.2) is 23.0 Å². The highest BCUT2D eigenvalue weighted by atomic mass is 16.6. The molecule has 0 aliphatic carbocycles. The Kier molecular flexibility index (Phi) is 4.52. The van der Waals surface area contributed by atoms with Gasteiger partial charge >= 0.3 is 5.97 Å². The second-order valence-corrected chi connectivity index (χ2v) is 4.06. The van der Waals surface area contributed by atoms with Crippen LogP contribution in [0.3, 0.4) is 0 Å². The number of esters is 1. The number of rotatable bonds is 1. The van der Waals surface area contributed by atoms with Crippen LogP contribution in [0.15, 0.2) is 0 Å². The van der Waals surface area contributed by atoms with E-state index in [-0.39, 0.29) is 17.0 Å². The van der Waals surface area contributed by atoms with Gasteiger partial charge < -0.3 is 4.74 Å². The zero-order valence-electron chi connectivity index (χ0n) is 8.98. The van der Waals surface area contributed by atoms with Crippen molar-refractivity contribution in [3.8, 4) is 0 Å². The average Bonchev–Trinajstić information content (AvgIpc) is 2.15. The lowest BCUT2D eigenvalue weighted by Crippen LogP contribution is -2.24. The van der Waals surface area contributed by atoms with Crippen molar-refractivity contribution in [3.63, 3.8) is 0 Å². The molecular weight excluding hydrogens is 198 g/mol. The zero-order chi connectivity index (χ0) is 11.3. The predicted molar refractivity (Wildman–Crippen MR) is 54.0 cm³/mol. The fourth-order valence-electron chi connectivity index (χ4n) is 1.77. The zero-order valence-corrected chi connectivity index (χ0v) is 8.98. The molecule has 0 spiro atoms. The summed E-state index contributed by atoms with van der Waals surface area (Å²) in [4.78, 5) is 21.6. The van der Waals surface area contributed by atoms with Gasteiger partial charge in [0.1, 0.15) is 0 Å². The van der Waals surface area contributed by atoms with E-state index in [2.05, 4.69) is 0 Å². The van der Waals surface area contributed by atoms with Gasteiger partial charge in [0.2, 0.25) is 6.04 Å². The SMILES string of the molecule is CC1CCC([N+](=O)[O-])CCCCC(=O)O1. The van der Waals surface area contributed by atoms with E-state index in [0.717, 1.165) is 6.42 Å². The third kappa shape index (κ3) is 4.27. The number of hydrogen-bond acceptors (Lipinski definition) is 4. The largest absolute Gasteiger partial charge is 0.463 e. The summed E-state index contributed by atoms with van der Waals surface area (Å²) in [5, 5.41) is 10.7.